The van der Waals surface area contributed by atoms with Gasteiger partial charge in [-0.15, -0.1) is 0 Å². The van der Waals surface area contributed by atoms with Crippen LogP contribution in [0.1, 0.15) is 12.5 Å². The van der Waals surface area contributed by atoms with Crippen molar-refractivity contribution in [2.45, 2.75) is 24.9 Å². The predicted octanol–water partition coefficient (Wildman–Crippen LogP) is 1.27. The monoisotopic (exact) mass is 493 g/mol. The van der Waals surface area contributed by atoms with Crippen LogP contribution in [0.2, 0.25) is 0 Å². The van der Waals surface area contributed by atoms with Gasteiger partial charge in [0, 0.05) is 32.6 Å². The summed E-state index contributed by atoms with van der Waals surface area (Å²) in [5.41, 5.74) is -0.615. The van der Waals surface area contributed by atoms with E-state index in [0.717, 1.165) is 10.5 Å². The minimum Gasteiger partial charge on any atom is -0.484 e. The summed E-state index contributed by atoms with van der Waals surface area (Å²) in [5, 5.41) is 3.30. The zero-order chi connectivity index (χ0) is 25.9. The van der Waals surface area contributed by atoms with Gasteiger partial charge in [0.1, 0.15) is 11.3 Å². The molecule has 0 aromatic heterocycles. The van der Waals surface area contributed by atoms with Crippen molar-refractivity contribution in [3.8, 4) is 5.75 Å². The first-order chi connectivity index (χ1) is 17.3. The van der Waals surface area contributed by atoms with E-state index in [2.05, 4.69) is 5.32 Å². The first kappa shape index (κ1) is 25.4. The van der Waals surface area contributed by atoms with Crippen LogP contribution >= 0.6 is 0 Å². The highest BCUT2D eigenvalue weighted by Gasteiger charge is 2.68. The molecule has 0 saturated carbocycles. The van der Waals surface area contributed by atoms with E-state index >= 15 is 0 Å². The van der Waals surface area contributed by atoms with E-state index in [1.807, 2.05) is 55.5 Å². The second kappa shape index (κ2) is 10.5. The fourth-order valence-electron chi connectivity index (χ4n) is 5.35. The molecule has 2 saturated heterocycles. The van der Waals surface area contributed by atoms with E-state index in [1.54, 1.807) is 17.0 Å². The molecule has 0 aliphatic carbocycles. The Bertz CT molecular complexity index is 1120. The molecule has 2 aliphatic rings. The van der Waals surface area contributed by atoms with Gasteiger partial charge >= 0.3 is 5.97 Å². The highest BCUT2D eigenvalue weighted by Crippen LogP contribution is 2.45. The van der Waals surface area contributed by atoms with Crippen LogP contribution in [0.15, 0.2) is 60.7 Å². The van der Waals surface area contributed by atoms with Crippen LogP contribution in [0.25, 0.3) is 0 Å². The number of hydrogen-bond donors (Lipinski definition) is 1. The molecule has 4 rings (SSSR count). The Balaban J connectivity index is 1.61. The first-order valence-electron chi connectivity index (χ1n) is 12.0. The van der Waals surface area contributed by atoms with Crippen LogP contribution in [-0.2, 0) is 30.3 Å². The van der Waals surface area contributed by atoms with E-state index < -0.39 is 35.3 Å². The Morgan fingerprint density at radius 2 is 1.67 bits per heavy atom. The second-order valence-electron chi connectivity index (χ2n) is 9.15. The summed E-state index contributed by atoms with van der Waals surface area (Å²) in [6.07, 6.45) is 0.169. The van der Waals surface area contributed by atoms with Gasteiger partial charge in [-0.2, -0.15) is 0 Å². The van der Waals surface area contributed by atoms with Crippen molar-refractivity contribution < 1.29 is 28.7 Å². The summed E-state index contributed by atoms with van der Waals surface area (Å²) in [6.45, 7) is 2.17. The molecule has 2 aromatic carbocycles. The van der Waals surface area contributed by atoms with Gasteiger partial charge in [0.05, 0.1) is 18.9 Å². The maximum atomic E-state index is 13.3. The fraction of sp³-hybridized carbons (Fsp3) is 0.407. The average Bonchev–Trinajstić information content (AvgIpc) is 3.35. The lowest BCUT2D eigenvalue weighted by atomic mass is 9.76. The molecule has 9 heteroatoms. The Labute approximate surface area is 210 Å². The van der Waals surface area contributed by atoms with E-state index in [1.165, 1.54) is 14.2 Å². The fourth-order valence-corrected chi connectivity index (χ4v) is 5.35. The number of fused-ring (bicyclic) bond motifs is 1. The summed E-state index contributed by atoms with van der Waals surface area (Å²) in [6, 6.07) is 17.7. The van der Waals surface area contributed by atoms with Gasteiger partial charge in [-0.3, -0.25) is 29.4 Å². The molecule has 9 nitrogen and oxygen atoms in total. The van der Waals surface area contributed by atoms with Gasteiger partial charge in [0.15, 0.2) is 6.61 Å². The lowest BCUT2D eigenvalue weighted by Crippen LogP contribution is -2.59. The molecule has 0 radical (unpaired) electrons. The molecule has 2 heterocycles. The molecule has 2 aromatic rings. The Morgan fingerprint density at radius 3 is 2.28 bits per heavy atom. The van der Waals surface area contributed by atoms with E-state index in [0.29, 0.717) is 12.3 Å². The van der Waals surface area contributed by atoms with Crippen LogP contribution in [0.3, 0.4) is 0 Å². The summed E-state index contributed by atoms with van der Waals surface area (Å²) in [5.74, 6) is -2.84. The van der Waals surface area contributed by atoms with Gasteiger partial charge in [-0.25, -0.2) is 0 Å². The van der Waals surface area contributed by atoms with E-state index in [4.69, 9.17) is 9.47 Å². The zero-order valence-electron chi connectivity index (χ0n) is 20.7. The molecule has 2 aliphatic heterocycles. The number of benzene rings is 2. The molecule has 0 unspecified atom stereocenters. The number of likely N-dealkylation sites (N-methyl/N-ethyl adjacent to an activating group) is 1. The molecule has 0 spiro atoms. The van der Waals surface area contributed by atoms with Crippen molar-refractivity contribution in [2.75, 3.05) is 33.9 Å². The lowest BCUT2D eigenvalue weighted by Gasteiger charge is -2.33. The number of likely N-dealkylation sites (tertiary alicyclic amines) is 1. The standard InChI is InChI=1S/C27H31N3O6/c1-4-30(21(31)17-36-19-13-9-6-10-14-19)16-20-22-23(25(33)29(2)24(22)32)27(28-20,26(34)35-3)15-18-11-7-5-8-12-18/h5-14,20,22-23,28H,4,15-17H2,1-3H3/t20-,22+,23-,27-/m1/s1. The topological polar surface area (TPSA) is 105 Å². The van der Waals surface area contributed by atoms with E-state index in [-0.39, 0.29) is 31.4 Å². The predicted molar refractivity (Wildman–Crippen MR) is 131 cm³/mol. The van der Waals surface area contributed by atoms with Crippen LogP contribution in [0, 0.1) is 11.8 Å². The maximum Gasteiger partial charge on any atom is 0.327 e. The van der Waals surface area contributed by atoms with Crippen molar-refractivity contribution in [3.05, 3.63) is 66.2 Å². The number of carbonyl (C=O) groups excluding carboxylic acids is 4. The first-order valence-corrected chi connectivity index (χ1v) is 12.0. The number of nitrogens with one attached hydrogen (secondary N) is 1. The summed E-state index contributed by atoms with van der Waals surface area (Å²) in [4.78, 5) is 55.4. The number of imide groups is 1. The number of para-hydroxylation sites is 1. The van der Waals surface area contributed by atoms with Crippen LogP contribution in [0.5, 0.6) is 5.75 Å². The summed E-state index contributed by atoms with van der Waals surface area (Å²) >= 11 is 0. The Hall–Kier alpha value is -3.72. The minimum absolute atomic E-state index is 0.134. The van der Waals surface area contributed by atoms with Gasteiger partial charge in [0.25, 0.3) is 5.91 Å². The van der Waals surface area contributed by atoms with Gasteiger partial charge in [-0.05, 0) is 24.6 Å². The van der Waals surface area contributed by atoms with Crippen LogP contribution < -0.4 is 10.1 Å². The van der Waals surface area contributed by atoms with E-state index in [9.17, 15) is 19.2 Å². The number of ether oxygens (including phenoxy) is 2. The number of carbonyl (C=O) groups is 4. The highest BCUT2D eigenvalue weighted by atomic mass is 16.5. The normalized spacial score (nSPS) is 25.0. The molecule has 4 atom stereocenters. The van der Waals surface area contributed by atoms with Gasteiger partial charge in [-0.1, -0.05) is 48.5 Å². The molecular formula is C27H31N3O6. The minimum atomic E-state index is -1.44. The summed E-state index contributed by atoms with van der Waals surface area (Å²) < 4.78 is 10.8. The quantitative estimate of drug-likeness (QED) is 0.414. The third kappa shape index (κ3) is 4.58. The Kier molecular flexibility index (Phi) is 7.40. The third-order valence-corrected chi connectivity index (χ3v) is 7.11. The van der Waals surface area contributed by atoms with Crippen molar-refractivity contribution in [1.29, 1.82) is 0 Å². The highest BCUT2D eigenvalue weighted by molar-refractivity contribution is 6.09. The number of nitrogens with zero attached hydrogens (tertiary/aromatic N) is 2. The van der Waals surface area contributed by atoms with Gasteiger partial charge < -0.3 is 14.4 Å². The smallest absolute Gasteiger partial charge is 0.327 e. The number of amides is 3. The molecule has 0 bridgehead atoms. The molecule has 2 fully saturated rings. The zero-order valence-corrected chi connectivity index (χ0v) is 20.7. The van der Waals surface area contributed by atoms with Gasteiger partial charge in [0.2, 0.25) is 11.8 Å². The van der Waals surface area contributed by atoms with Crippen molar-refractivity contribution >= 4 is 23.7 Å². The SMILES string of the molecule is CCN(C[C@H]1N[C@@](Cc2ccccc2)(C(=O)OC)[C@H]2C(=O)N(C)C(=O)[C@@H]12)C(=O)COc1ccccc1. The number of esters is 1. The third-order valence-electron chi connectivity index (χ3n) is 7.11. The molecule has 36 heavy (non-hydrogen) atoms. The van der Waals surface area contributed by atoms with Crippen LogP contribution in [0.4, 0.5) is 0 Å². The number of hydrogen-bond acceptors (Lipinski definition) is 7. The van der Waals surface area contributed by atoms with Crippen molar-refractivity contribution in [2.24, 2.45) is 11.8 Å². The Morgan fingerprint density at radius 1 is 1.03 bits per heavy atom. The molecule has 1 N–H and O–H groups in total. The largest absolute Gasteiger partial charge is 0.484 e. The maximum absolute atomic E-state index is 13.3. The van der Waals surface area contributed by atoms with Crippen molar-refractivity contribution in [3.63, 3.8) is 0 Å². The van der Waals surface area contributed by atoms with Crippen molar-refractivity contribution in [1.82, 2.24) is 15.1 Å². The molecule has 190 valence electrons. The van der Waals surface area contributed by atoms with Crippen LogP contribution in [-0.4, -0.2) is 78.9 Å². The lowest BCUT2D eigenvalue weighted by molar-refractivity contribution is -0.153. The second-order valence-corrected chi connectivity index (χ2v) is 9.15. The average molecular weight is 494 g/mol. The molecule has 3 amide bonds. The summed E-state index contributed by atoms with van der Waals surface area (Å²) in [7, 11) is 2.70. The molecular weight excluding hydrogens is 462 g/mol. The number of rotatable bonds is 9. The number of methoxy groups -OCH3 is 1.